The molecule has 0 saturated carbocycles. The first kappa shape index (κ1) is 14.4. The predicted molar refractivity (Wildman–Crippen MR) is 76.7 cm³/mol. The summed E-state index contributed by atoms with van der Waals surface area (Å²) in [5.74, 6) is 1.17. The summed E-state index contributed by atoms with van der Waals surface area (Å²) in [5, 5.41) is 10.0. The molecule has 19 heavy (non-hydrogen) atoms. The molecule has 1 fully saturated rings. The minimum Gasteiger partial charge on any atom is -0.381 e. The Morgan fingerprint density at radius 1 is 1.74 bits per heavy atom. The van der Waals surface area contributed by atoms with Crippen molar-refractivity contribution in [1.82, 2.24) is 15.5 Å². The highest BCUT2D eigenvalue weighted by molar-refractivity contribution is 7.98. The second-order valence-corrected chi connectivity index (χ2v) is 5.70. The summed E-state index contributed by atoms with van der Waals surface area (Å²) in [6.45, 7) is 3.52. The normalized spacial score (nSPS) is 20.4. The molecule has 106 valence electrons. The Labute approximate surface area is 117 Å². The molecule has 6 heteroatoms. The highest BCUT2D eigenvalue weighted by Gasteiger charge is 2.25. The van der Waals surface area contributed by atoms with Gasteiger partial charge in [0, 0.05) is 24.3 Å². The van der Waals surface area contributed by atoms with Crippen LogP contribution in [-0.2, 0) is 4.74 Å². The van der Waals surface area contributed by atoms with Gasteiger partial charge in [-0.2, -0.15) is 16.9 Å². The average molecular weight is 283 g/mol. The zero-order chi connectivity index (χ0) is 13.7. The number of nitrogens with zero attached hydrogens (tertiary/aromatic N) is 1. The first-order chi connectivity index (χ1) is 9.26. The van der Waals surface area contributed by atoms with Gasteiger partial charge in [0.15, 0.2) is 0 Å². The number of rotatable bonds is 6. The molecule has 0 aromatic carbocycles. The van der Waals surface area contributed by atoms with E-state index in [1.807, 2.05) is 6.26 Å². The van der Waals surface area contributed by atoms with Gasteiger partial charge in [0.25, 0.3) is 5.91 Å². The van der Waals surface area contributed by atoms with Crippen molar-refractivity contribution in [2.24, 2.45) is 0 Å². The molecular weight excluding hydrogens is 262 g/mol. The molecule has 1 aromatic rings. The van der Waals surface area contributed by atoms with Crippen LogP contribution >= 0.6 is 11.8 Å². The molecule has 5 nitrogen and oxygen atoms in total. The van der Waals surface area contributed by atoms with Crippen LogP contribution in [0.1, 0.15) is 41.7 Å². The summed E-state index contributed by atoms with van der Waals surface area (Å²) >= 11 is 1.74. The van der Waals surface area contributed by atoms with Crippen molar-refractivity contribution in [3.63, 3.8) is 0 Å². The number of aromatic amines is 1. The van der Waals surface area contributed by atoms with Crippen LogP contribution in [0.5, 0.6) is 0 Å². The van der Waals surface area contributed by atoms with Crippen molar-refractivity contribution >= 4 is 17.7 Å². The van der Waals surface area contributed by atoms with Crippen LogP contribution in [0, 0.1) is 0 Å². The van der Waals surface area contributed by atoms with E-state index in [2.05, 4.69) is 22.4 Å². The van der Waals surface area contributed by atoms with E-state index < -0.39 is 0 Å². The summed E-state index contributed by atoms with van der Waals surface area (Å²) in [4.78, 5) is 12.3. The Balaban J connectivity index is 2.04. The first-order valence-corrected chi connectivity index (χ1v) is 8.06. The van der Waals surface area contributed by atoms with Crippen LogP contribution < -0.4 is 5.32 Å². The number of nitrogens with one attached hydrogen (secondary N) is 2. The molecule has 2 N–H and O–H groups in total. The summed E-state index contributed by atoms with van der Waals surface area (Å²) in [7, 11) is 0. The third-order valence-electron chi connectivity index (χ3n) is 3.45. The molecular formula is C13H21N3O2S. The van der Waals surface area contributed by atoms with Gasteiger partial charge in [0.1, 0.15) is 0 Å². The molecule has 1 aliphatic rings. The van der Waals surface area contributed by atoms with Crippen LogP contribution in [0.15, 0.2) is 6.20 Å². The number of thioether (sulfide) groups is 1. The number of carbonyl (C=O) groups excluding carboxylic acids is 1. The third kappa shape index (κ3) is 3.51. The second kappa shape index (κ2) is 6.96. The van der Waals surface area contributed by atoms with Gasteiger partial charge in [-0.1, -0.05) is 6.92 Å². The van der Waals surface area contributed by atoms with Gasteiger partial charge in [0.05, 0.1) is 24.1 Å². The fourth-order valence-corrected chi connectivity index (χ4v) is 3.00. The van der Waals surface area contributed by atoms with Crippen LogP contribution in [-0.4, -0.2) is 47.4 Å². The van der Waals surface area contributed by atoms with Gasteiger partial charge in [-0.15, -0.1) is 0 Å². The average Bonchev–Trinajstić information content (AvgIpc) is 3.07. The van der Waals surface area contributed by atoms with E-state index in [0.29, 0.717) is 12.2 Å². The number of ether oxygens (including phenoxy) is 1. The molecule has 0 unspecified atom stereocenters. The highest BCUT2D eigenvalue weighted by atomic mass is 32.2. The maximum absolute atomic E-state index is 12.3. The molecule has 0 radical (unpaired) electrons. The molecule has 1 amide bonds. The van der Waals surface area contributed by atoms with Crippen molar-refractivity contribution < 1.29 is 9.53 Å². The topological polar surface area (TPSA) is 67.0 Å². The van der Waals surface area contributed by atoms with Gasteiger partial charge >= 0.3 is 0 Å². The Morgan fingerprint density at radius 3 is 3.21 bits per heavy atom. The van der Waals surface area contributed by atoms with Crippen LogP contribution in [0.3, 0.4) is 0 Å². The minimum absolute atomic E-state index is 0.0310. The summed E-state index contributed by atoms with van der Waals surface area (Å²) in [5.41, 5.74) is 1.57. The SMILES string of the molecule is CC[C@H](CSC)NC(=O)c1cn[nH]c1[C@H]1CCOC1. The van der Waals surface area contributed by atoms with Gasteiger partial charge in [-0.05, 0) is 19.1 Å². The number of hydrogen-bond donors (Lipinski definition) is 2. The first-order valence-electron chi connectivity index (χ1n) is 6.67. The van der Waals surface area contributed by atoms with E-state index in [4.69, 9.17) is 4.74 Å². The standard InChI is InChI=1S/C13H21N3O2S/c1-3-10(8-19-2)15-13(17)11-6-14-16-12(11)9-4-5-18-7-9/h6,9-10H,3-5,7-8H2,1-2H3,(H,14,16)(H,15,17)/t9-,10+/m0/s1. The van der Waals surface area contributed by atoms with Crippen molar-refractivity contribution in [2.45, 2.75) is 31.7 Å². The van der Waals surface area contributed by atoms with E-state index in [9.17, 15) is 4.79 Å². The fourth-order valence-electron chi connectivity index (χ4n) is 2.28. The Bertz CT molecular complexity index is 416. The third-order valence-corrected chi connectivity index (χ3v) is 4.18. The quantitative estimate of drug-likeness (QED) is 0.835. The summed E-state index contributed by atoms with van der Waals surface area (Å²) in [6.07, 6.45) is 5.56. The molecule has 2 heterocycles. The molecule has 0 aliphatic carbocycles. The maximum atomic E-state index is 12.3. The van der Waals surface area contributed by atoms with E-state index in [1.54, 1.807) is 18.0 Å². The van der Waals surface area contributed by atoms with Gasteiger partial charge in [0.2, 0.25) is 0 Å². The highest BCUT2D eigenvalue weighted by Crippen LogP contribution is 2.26. The van der Waals surface area contributed by atoms with Crippen molar-refractivity contribution in [3.05, 3.63) is 17.5 Å². The lowest BCUT2D eigenvalue weighted by molar-refractivity contribution is 0.0938. The predicted octanol–water partition coefficient (Wildman–Crippen LogP) is 1.78. The number of amides is 1. The monoisotopic (exact) mass is 283 g/mol. The largest absolute Gasteiger partial charge is 0.381 e. The zero-order valence-electron chi connectivity index (χ0n) is 11.4. The van der Waals surface area contributed by atoms with E-state index in [1.165, 1.54) is 0 Å². The van der Waals surface area contributed by atoms with Gasteiger partial charge in [-0.3, -0.25) is 9.89 Å². The van der Waals surface area contributed by atoms with Gasteiger partial charge < -0.3 is 10.1 Å². The minimum atomic E-state index is -0.0310. The smallest absolute Gasteiger partial charge is 0.255 e. The van der Waals surface area contributed by atoms with E-state index in [-0.39, 0.29) is 17.9 Å². The fraction of sp³-hybridized carbons (Fsp3) is 0.692. The van der Waals surface area contributed by atoms with Crippen molar-refractivity contribution in [3.8, 4) is 0 Å². The number of hydrogen-bond acceptors (Lipinski definition) is 4. The van der Waals surface area contributed by atoms with Crippen LogP contribution in [0.25, 0.3) is 0 Å². The maximum Gasteiger partial charge on any atom is 0.255 e. The summed E-state index contributed by atoms with van der Waals surface area (Å²) < 4.78 is 5.37. The second-order valence-electron chi connectivity index (χ2n) is 4.79. The van der Waals surface area contributed by atoms with Crippen molar-refractivity contribution in [1.29, 1.82) is 0 Å². The molecule has 2 atom stereocenters. The molecule has 0 bridgehead atoms. The molecule has 1 saturated heterocycles. The number of aromatic nitrogens is 2. The zero-order valence-corrected chi connectivity index (χ0v) is 12.3. The Hall–Kier alpha value is -1.01. The number of carbonyl (C=O) groups is 1. The lowest BCUT2D eigenvalue weighted by Gasteiger charge is -2.16. The van der Waals surface area contributed by atoms with Crippen LogP contribution in [0.4, 0.5) is 0 Å². The Kier molecular flexibility index (Phi) is 5.27. The molecule has 1 aromatic heterocycles. The van der Waals surface area contributed by atoms with E-state index in [0.717, 1.165) is 30.9 Å². The lowest BCUT2D eigenvalue weighted by Crippen LogP contribution is -2.36. The number of H-pyrrole nitrogens is 1. The van der Waals surface area contributed by atoms with E-state index >= 15 is 0 Å². The molecule has 0 spiro atoms. The van der Waals surface area contributed by atoms with Crippen molar-refractivity contribution in [2.75, 3.05) is 25.2 Å². The Morgan fingerprint density at radius 2 is 2.58 bits per heavy atom. The van der Waals surface area contributed by atoms with Gasteiger partial charge in [-0.25, -0.2) is 0 Å². The lowest BCUT2D eigenvalue weighted by atomic mass is 10.0. The summed E-state index contributed by atoms with van der Waals surface area (Å²) in [6, 6.07) is 0.213. The molecule has 2 rings (SSSR count). The molecule has 1 aliphatic heterocycles. The van der Waals surface area contributed by atoms with Crippen LogP contribution in [0.2, 0.25) is 0 Å².